The third-order valence-electron chi connectivity index (χ3n) is 2.94. The van der Waals surface area contributed by atoms with Crippen molar-refractivity contribution in [3.63, 3.8) is 0 Å². The molecular weight excluding hydrogens is 292 g/mol. The molecule has 9 heteroatoms. The number of alkyl halides is 2. The van der Waals surface area contributed by atoms with Crippen LogP contribution >= 0.6 is 11.3 Å². The molecule has 1 aromatic heterocycles. The Bertz CT molecular complexity index is 511. The van der Waals surface area contributed by atoms with Crippen molar-refractivity contribution >= 4 is 23.3 Å². The number of hydrogen-bond donors (Lipinski definition) is 2. The number of hydrogen-bond acceptors (Lipinski definition) is 4. The van der Waals surface area contributed by atoms with Crippen LogP contribution in [0, 0.1) is 0 Å². The third kappa shape index (κ3) is 3.62. The van der Waals surface area contributed by atoms with Crippen LogP contribution in [0.15, 0.2) is 6.20 Å². The van der Waals surface area contributed by atoms with Crippen LogP contribution in [0.2, 0.25) is 0 Å². The molecule has 1 aliphatic heterocycles. The number of piperidine rings is 1. The maximum Gasteiger partial charge on any atom is 0.347 e. The zero-order valence-corrected chi connectivity index (χ0v) is 11.3. The topological polar surface area (TPSA) is 82.5 Å². The number of urea groups is 1. The van der Waals surface area contributed by atoms with Gasteiger partial charge < -0.3 is 15.3 Å². The van der Waals surface area contributed by atoms with Gasteiger partial charge in [0.15, 0.2) is 0 Å². The van der Waals surface area contributed by atoms with Gasteiger partial charge in [0.1, 0.15) is 9.88 Å². The summed E-state index contributed by atoms with van der Waals surface area (Å²) in [5, 5.41) is 11.7. The highest BCUT2D eigenvalue weighted by Gasteiger charge is 2.35. The van der Waals surface area contributed by atoms with Crippen molar-refractivity contribution in [2.24, 2.45) is 0 Å². The SMILES string of the molecule is O=C(O)c1cnc(CNC(=O)N2CCC(F)(F)CC2)s1. The van der Waals surface area contributed by atoms with Gasteiger partial charge in [0, 0.05) is 25.9 Å². The van der Waals surface area contributed by atoms with Crippen molar-refractivity contribution < 1.29 is 23.5 Å². The summed E-state index contributed by atoms with van der Waals surface area (Å²) in [6.07, 6.45) is 0.553. The minimum atomic E-state index is -2.69. The van der Waals surface area contributed by atoms with E-state index < -0.39 is 17.9 Å². The van der Waals surface area contributed by atoms with E-state index in [0.717, 1.165) is 11.3 Å². The van der Waals surface area contributed by atoms with Gasteiger partial charge in [0.2, 0.25) is 0 Å². The number of aromatic nitrogens is 1. The first-order chi connectivity index (χ1) is 9.37. The molecule has 2 rings (SSSR count). The molecule has 1 saturated heterocycles. The molecule has 110 valence electrons. The first kappa shape index (κ1) is 14.6. The van der Waals surface area contributed by atoms with Crippen LogP contribution in [0.1, 0.15) is 27.5 Å². The van der Waals surface area contributed by atoms with Gasteiger partial charge in [-0.05, 0) is 0 Å². The fraction of sp³-hybridized carbons (Fsp3) is 0.545. The number of rotatable bonds is 3. The van der Waals surface area contributed by atoms with E-state index in [4.69, 9.17) is 5.11 Å². The summed E-state index contributed by atoms with van der Waals surface area (Å²) in [4.78, 5) is 27.7. The molecule has 0 saturated carbocycles. The van der Waals surface area contributed by atoms with Gasteiger partial charge in [-0.25, -0.2) is 23.4 Å². The van der Waals surface area contributed by atoms with E-state index in [1.165, 1.54) is 11.1 Å². The van der Waals surface area contributed by atoms with Crippen molar-refractivity contribution in [2.45, 2.75) is 25.3 Å². The summed E-state index contributed by atoms with van der Waals surface area (Å²) in [5.41, 5.74) is 0. The minimum absolute atomic E-state index is 0.0110. The molecule has 0 aliphatic carbocycles. The molecule has 0 radical (unpaired) electrons. The number of carboxylic acid groups (broad SMARTS) is 1. The van der Waals surface area contributed by atoms with Crippen molar-refractivity contribution in [2.75, 3.05) is 13.1 Å². The lowest BCUT2D eigenvalue weighted by atomic mass is 10.1. The molecule has 20 heavy (non-hydrogen) atoms. The largest absolute Gasteiger partial charge is 0.477 e. The minimum Gasteiger partial charge on any atom is -0.477 e. The summed E-state index contributed by atoms with van der Waals surface area (Å²) in [6.45, 7) is 0.109. The van der Waals surface area contributed by atoms with Crippen LogP contribution < -0.4 is 5.32 Å². The van der Waals surface area contributed by atoms with Gasteiger partial charge in [-0.1, -0.05) is 0 Å². The predicted octanol–water partition coefficient (Wildman–Crippen LogP) is 1.78. The number of thiazole rings is 1. The highest BCUT2D eigenvalue weighted by Crippen LogP contribution is 2.27. The van der Waals surface area contributed by atoms with Gasteiger partial charge in [-0.15, -0.1) is 11.3 Å². The number of nitrogens with zero attached hydrogens (tertiary/aromatic N) is 2. The number of carbonyl (C=O) groups excluding carboxylic acids is 1. The second-order valence-electron chi connectivity index (χ2n) is 4.43. The van der Waals surface area contributed by atoms with Gasteiger partial charge >= 0.3 is 12.0 Å². The number of carbonyl (C=O) groups is 2. The van der Waals surface area contributed by atoms with Crippen molar-refractivity contribution in [1.29, 1.82) is 0 Å². The molecule has 0 bridgehead atoms. The van der Waals surface area contributed by atoms with Crippen molar-refractivity contribution in [1.82, 2.24) is 15.2 Å². The molecule has 0 spiro atoms. The molecule has 1 aromatic rings. The van der Waals surface area contributed by atoms with Crippen LogP contribution in [0.3, 0.4) is 0 Å². The summed E-state index contributed by atoms with van der Waals surface area (Å²) >= 11 is 0.965. The predicted molar refractivity (Wildman–Crippen MR) is 67.1 cm³/mol. The zero-order valence-electron chi connectivity index (χ0n) is 10.4. The Morgan fingerprint density at radius 3 is 2.65 bits per heavy atom. The normalized spacial score (nSPS) is 17.8. The average molecular weight is 305 g/mol. The highest BCUT2D eigenvalue weighted by molar-refractivity contribution is 7.13. The van der Waals surface area contributed by atoms with Gasteiger partial charge in [0.05, 0.1) is 12.7 Å². The lowest BCUT2D eigenvalue weighted by Crippen LogP contribution is -2.47. The Morgan fingerprint density at radius 2 is 2.10 bits per heavy atom. The van der Waals surface area contributed by atoms with Crippen LogP contribution in [0.5, 0.6) is 0 Å². The molecule has 2 heterocycles. The van der Waals surface area contributed by atoms with Crippen LogP contribution in [-0.2, 0) is 6.54 Å². The summed E-state index contributed by atoms with van der Waals surface area (Å²) in [6, 6.07) is -0.437. The molecule has 2 amide bonds. The molecule has 6 nitrogen and oxygen atoms in total. The second-order valence-corrected chi connectivity index (χ2v) is 5.54. The molecular formula is C11H13F2N3O3S. The Balaban J connectivity index is 1.81. The number of nitrogens with one attached hydrogen (secondary N) is 1. The van der Waals surface area contributed by atoms with Crippen LogP contribution in [-0.4, -0.2) is 46.0 Å². The maximum atomic E-state index is 12.9. The van der Waals surface area contributed by atoms with Crippen LogP contribution in [0.25, 0.3) is 0 Å². The van der Waals surface area contributed by atoms with E-state index in [2.05, 4.69) is 10.3 Å². The molecule has 0 atom stereocenters. The average Bonchev–Trinajstić information content (AvgIpc) is 2.85. The third-order valence-corrected chi connectivity index (χ3v) is 3.92. The van der Waals surface area contributed by atoms with E-state index >= 15 is 0 Å². The lowest BCUT2D eigenvalue weighted by molar-refractivity contribution is -0.0469. The maximum absolute atomic E-state index is 12.9. The first-order valence-electron chi connectivity index (χ1n) is 5.96. The summed E-state index contributed by atoms with van der Waals surface area (Å²) in [7, 11) is 0. The summed E-state index contributed by atoms with van der Waals surface area (Å²) in [5.74, 6) is -3.76. The van der Waals surface area contributed by atoms with Crippen molar-refractivity contribution in [3.05, 3.63) is 16.1 Å². The number of carboxylic acids is 1. The van der Waals surface area contributed by atoms with Gasteiger partial charge in [0.25, 0.3) is 5.92 Å². The number of likely N-dealkylation sites (tertiary alicyclic amines) is 1. The Labute approximate surface area is 117 Å². The van der Waals surface area contributed by atoms with Gasteiger partial charge in [-0.2, -0.15) is 0 Å². The highest BCUT2D eigenvalue weighted by atomic mass is 32.1. The smallest absolute Gasteiger partial charge is 0.347 e. The van der Waals surface area contributed by atoms with E-state index in [0.29, 0.717) is 5.01 Å². The zero-order chi connectivity index (χ0) is 14.8. The van der Waals surface area contributed by atoms with E-state index in [1.54, 1.807) is 0 Å². The van der Waals surface area contributed by atoms with Crippen LogP contribution in [0.4, 0.5) is 13.6 Å². The standard InChI is InChI=1S/C11H13F2N3O3S/c12-11(13)1-3-16(4-2-11)10(19)15-6-8-14-5-7(20-8)9(17)18/h5H,1-4,6H2,(H,15,19)(H,17,18). The Morgan fingerprint density at radius 1 is 1.45 bits per heavy atom. The number of halogens is 2. The Hall–Kier alpha value is -1.77. The van der Waals surface area contributed by atoms with E-state index in [-0.39, 0.29) is 37.4 Å². The lowest BCUT2D eigenvalue weighted by Gasteiger charge is -2.31. The van der Waals surface area contributed by atoms with Gasteiger partial charge in [-0.3, -0.25) is 0 Å². The fourth-order valence-corrected chi connectivity index (χ4v) is 2.49. The summed E-state index contributed by atoms with van der Waals surface area (Å²) < 4.78 is 25.9. The van der Waals surface area contributed by atoms with E-state index in [1.807, 2.05) is 0 Å². The quantitative estimate of drug-likeness (QED) is 0.892. The Kier molecular flexibility index (Phi) is 4.17. The molecule has 0 aromatic carbocycles. The molecule has 0 unspecified atom stereocenters. The second kappa shape index (κ2) is 5.70. The molecule has 2 N–H and O–H groups in total. The monoisotopic (exact) mass is 305 g/mol. The molecule has 1 aliphatic rings. The molecule has 1 fully saturated rings. The first-order valence-corrected chi connectivity index (χ1v) is 6.78. The number of amides is 2. The van der Waals surface area contributed by atoms with E-state index in [9.17, 15) is 18.4 Å². The fourth-order valence-electron chi connectivity index (χ4n) is 1.79. The van der Waals surface area contributed by atoms with Crippen molar-refractivity contribution in [3.8, 4) is 0 Å². The number of aromatic carboxylic acids is 1.